The zero-order chi connectivity index (χ0) is 9.30. The van der Waals surface area contributed by atoms with Gasteiger partial charge in [-0.3, -0.25) is 0 Å². The SMILES string of the molecule is Cc1cc(I)c(N=O)c(F)c1F. The Labute approximate surface area is 81.1 Å². The average molecular weight is 283 g/mol. The lowest BCUT2D eigenvalue weighted by molar-refractivity contribution is 0.504. The summed E-state index contributed by atoms with van der Waals surface area (Å²) >= 11 is 1.73. The molecule has 0 bridgehead atoms. The molecule has 5 heteroatoms. The summed E-state index contributed by atoms with van der Waals surface area (Å²) in [6.07, 6.45) is 0. The van der Waals surface area contributed by atoms with E-state index in [-0.39, 0.29) is 5.56 Å². The molecule has 0 fully saturated rings. The van der Waals surface area contributed by atoms with Crippen LogP contribution in [0.3, 0.4) is 0 Å². The number of benzene rings is 1. The molecule has 12 heavy (non-hydrogen) atoms. The standard InChI is InChI=1S/C7H4F2INO/c1-3-2-4(10)7(11-12)6(9)5(3)8/h2H,1H3. The molecule has 0 spiro atoms. The first-order chi connectivity index (χ1) is 5.57. The van der Waals surface area contributed by atoms with Gasteiger partial charge in [0.2, 0.25) is 0 Å². The molecule has 0 saturated carbocycles. The van der Waals surface area contributed by atoms with Crippen LogP contribution in [0.4, 0.5) is 14.5 Å². The lowest BCUT2D eigenvalue weighted by atomic mass is 10.2. The molecule has 0 amide bonds. The molecule has 0 aliphatic rings. The van der Waals surface area contributed by atoms with E-state index in [0.717, 1.165) is 0 Å². The van der Waals surface area contributed by atoms with Crippen molar-refractivity contribution < 1.29 is 8.78 Å². The Morgan fingerprint density at radius 1 is 1.42 bits per heavy atom. The summed E-state index contributed by atoms with van der Waals surface area (Å²) in [4.78, 5) is 10.1. The summed E-state index contributed by atoms with van der Waals surface area (Å²) in [5.74, 6) is -2.18. The average Bonchev–Trinajstić information content (AvgIpc) is 2.01. The fourth-order valence-electron chi connectivity index (χ4n) is 0.787. The molecule has 1 aromatic carbocycles. The quantitative estimate of drug-likeness (QED) is 0.442. The fraction of sp³-hybridized carbons (Fsp3) is 0.143. The third-order valence-corrected chi connectivity index (χ3v) is 2.23. The normalized spacial score (nSPS) is 10.0. The van der Waals surface area contributed by atoms with Gasteiger partial charge in [-0.25, -0.2) is 8.78 Å². The van der Waals surface area contributed by atoms with Crippen molar-refractivity contribution in [3.05, 3.63) is 31.7 Å². The minimum atomic E-state index is -1.17. The van der Waals surface area contributed by atoms with Crippen LogP contribution >= 0.6 is 22.6 Å². The molecule has 0 aliphatic carbocycles. The lowest BCUT2D eigenvalue weighted by Crippen LogP contribution is -1.91. The Morgan fingerprint density at radius 2 is 2.00 bits per heavy atom. The molecule has 0 atom stereocenters. The number of nitroso groups, excluding NO2 is 1. The maximum atomic E-state index is 12.9. The van der Waals surface area contributed by atoms with Crippen LogP contribution < -0.4 is 0 Å². The van der Waals surface area contributed by atoms with Crippen LogP contribution in [0.2, 0.25) is 0 Å². The maximum Gasteiger partial charge on any atom is 0.189 e. The van der Waals surface area contributed by atoms with Gasteiger partial charge in [-0.15, -0.1) is 4.91 Å². The van der Waals surface area contributed by atoms with Crippen LogP contribution in [-0.4, -0.2) is 0 Å². The van der Waals surface area contributed by atoms with Crippen LogP contribution in [0.5, 0.6) is 0 Å². The van der Waals surface area contributed by atoms with Gasteiger partial charge in [-0.1, -0.05) is 0 Å². The topological polar surface area (TPSA) is 29.4 Å². The second kappa shape index (κ2) is 3.42. The maximum absolute atomic E-state index is 12.9. The molecule has 0 N–H and O–H groups in total. The summed E-state index contributed by atoms with van der Waals surface area (Å²) < 4.78 is 25.9. The van der Waals surface area contributed by atoms with E-state index in [4.69, 9.17) is 0 Å². The Bertz CT molecular complexity index is 341. The van der Waals surface area contributed by atoms with Crippen LogP contribution in [0.1, 0.15) is 5.56 Å². The van der Waals surface area contributed by atoms with E-state index in [1.165, 1.54) is 13.0 Å². The predicted octanol–water partition coefficient (Wildman–Crippen LogP) is 3.28. The highest BCUT2D eigenvalue weighted by Gasteiger charge is 2.15. The van der Waals surface area contributed by atoms with Crippen LogP contribution in [0.15, 0.2) is 11.2 Å². The number of rotatable bonds is 1. The fourth-order valence-corrected chi connectivity index (χ4v) is 1.59. The highest BCUT2D eigenvalue weighted by Crippen LogP contribution is 2.28. The van der Waals surface area contributed by atoms with Gasteiger partial charge in [0.1, 0.15) is 0 Å². The lowest BCUT2D eigenvalue weighted by Gasteiger charge is -2.01. The first kappa shape index (κ1) is 9.50. The highest BCUT2D eigenvalue weighted by atomic mass is 127. The van der Waals surface area contributed by atoms with Gasteiger partial charge in [0.05, 0.1) is 0 Å². The molecule has 1 aromatic rings. The van der Waals surface area contributed by atoms with Gasteiger partial charge in [-0.2, -0.15) is 0 Å². The molecular formula is C7H4F2INO. The van der Waals surface area contributed by atoms with E-state index in [2.05, 4.69) is 5.18 Å². The van der Waals surface area contributed by atoms with Crippen LogP contribution in [0.25, 0.3) is 0 Å². The Morgan fingerprint density at radius 3 is 2.50 bits per heavy atom. The summed E-state index contributed by atoms with van der Waals surface area (Å²) in [7, 11) is 0. The van der Waals surface area contributed by atoms with Crippen molar-refractivity contribution in [2.75, 3.05) is 0 Å². The van der Waals surface area contributed by atoms with Gasteiger partial charge < -0.3 is 0 Å². The minimum absolute atomic E-state index is 0.171. The first-order valence-corrected chi connectivity index (χ1v) is 4.13. The Kier molecular flexibility index (Phi) is 2.71. The zero-order valence-corrected chi connectivity index (χ0v) is 8.22. The van der Waals surface area contributed by atoms with Crippen molar-refractivity contribution >= 4 is 28.3 Å². The molecule has 64 valence electrons. The molecule has 0 aliphatic heterocycles. The highest BCUT2D eigenvalue weighted by molar-refractivity contribution is 14.1. The third kappa shape index (κ3) is 1.45. The number of hydrogen-bond acceptors (Lipinski definition) is 2. The van der Waals surface area contributed by atoms with Gasteiger partial charge in [0, 0.05) is 3.57 Å². The second-order valence-corrected chi connectivity index (χ2v) is 3.41. The Balaban J connectivity index is 3.51. The third-order valence-electron chi connectivity index (χ3n) is 1.41. The molecule has 0 aromatic heterocycles. The van der Waals surface area contributed by atoms with E-state index in [1.54, 1.807) is 22.6 Å². The summed E-state index contributed by atoms with van der Waals surface area (Å²) in [6, 6.07) is 1.37. The zero-order valence-electron chi connectivity index (χ0n) is 6.07. The number of aryl methyl sites for hydroxylation is 1. The van der Waals surface area contributed by atoms with Crippen molar-refractivity contribution in [1.29, 1.82) is 0 Å². The van der Waals surface area contributed by atoms with Crippen molar-refractivity contribution in [2.24, 2.45) is 5.18 Å². The number of hydrogen-bond donors (Lipinski definition) is 0. The van der Waals surface area contributed by atoms with Crippen molar-refractivity contribution in [3.8, 4) is 0 Å². The van der Waals surface area contributed by atoms with Crippen molar-refractivity contribution in [1.82, 2.24) is 0 Å². The first-order valence-electron chi connectivity index (χ1n) is 3.05. The second-order valence-electron chi connectivity index (χ2n) is 2.24. The van der Waals surface area contributed by atoms with E-state index in [0.29, 0.717) is 3.57 Å². The summed E-state index contributed by atoms with van der Waals surface area (Å²) in [6.45, 7) is 1.43. The minimum Gasteiger partial charge on any atom is -0.203 e. The molecule has 0 unspecified atom stereocenters. The van der Waals surface area contributed by atoms with Crippen molar-refractivity contribution in [3.63, 3.8) is 0 Å². The molecule has 0 radical (unpaired) electrons. The van der Waals surface area contributed by atoms with E-state index < -0.39 is 17.3 Å². The van der Waals surface area contributed by atoms with Crippen LogP contribution in [-0.2, 0) is 0 Å². The van der Waals surface area contributed by atoms with Gasteiger partial charge in [0.25, 0.3) is 0 Å². The molecule has 0 heterocycles. The predicted molar refractivity (Wildman–Crippen MR) is 49.3 cm³/mol. The monoisotopic (exact) mass is 283 g/mol. The molecule has 1 rings (SSSR count). The van der Waals surface area contributed by atoms with Crippen LogP contribution in [0, 0.1) is 27.0 Å². The molecule has 2 nitrogen and oxygen atoms in total. The smallest absolute Gasteiger partial charge is 0.189 e. The van der Waals surface area contributed by atoms with Gasteiger partial charge in [-0.05, 0) is 46.3 Å². The summed E-state index contributed by atoms with van der Waals surface area (Å²) in [5.41, 5.74) is -0.289. The van der Waals surface area contributed by atoms with Crippen molar-refractivity contribution in [2.45, 2.75) is 6.92 Å². The summed E-state index contributed by atoms with van der Waals surface area (Å²) in [5, 5.41) is 2.40. The van der Waals surface area contributed by atoms with Gasteiger partial charge in [0.15, 0.2) is 17.3 Å². The largest absolute Gasteiger partial charge is 0.203 e. The van der Waals surface area contributed by atoms with E-state index in [9.17, 15) is 13.7 Å². The van der Waals surface area contributed by atoms with E-state index in [1.807, 2.05) is 0 Å². The number of halogens is 3. The number of nitrogens with zero attached hydrogens (tertiary/aromatic N) is 1. The van der Waals surface area contributed by atoms with E-state index >= 15 is 0 Å². The molecular weight excluding hydrogens is 279 g/mol. The molecule has 0 saturated heterocycles. The van der Waals surface area contributed by atoms with Gasteiger partial charge >= 0.3 is 0 Å². The Hall–Kier alpha value is -0.590.